The first-order chi connectivity index (χ1) is 11.2. The number of benzene rings is 1. The van der Waals surface area contributed by atoms with Crippen molar-refractivity contribution < 1.29 is 13.5 Å². The van der Waals surface area contributed by atoms with Gasteiger partial charge in [0.2, 0.25) is 0 Å². The van der Waals surface area contributed by atoms with Crippen LogP contribution in [0.25, 0.3) is 0 Å². The van der Waals surface area contributed by atoms with Crippen molar-refractivity contribution in [2.75, 3.05) is 5.32 Å². The van der Waals surface area contributed by atoms with E-state index < -0.39 is 5.82 Å². The molecular weight excluding hydrogens is 300 g/mol. The fourth-order valence-electron chi connectivity index (χ4n) is 2.68. The third-order valence-electron chi connectivity index (χ3n) is 3.95. The molecule has 1 aliphatic carbocycles. The van der Waals surface area contributed by atoms with Crippen molar-refractivity contribution in [3.63, 3.8) is 0 Å². The minimum atomic E-state index is -0.586. The summed E-state index contributed by atoms with van der Waals surface area (Å²) in [5, 5.41) is 2.80. The minimum Gasteiger partial charge on any atom is -0.460 e. The molecule has 1 aliphatic rings. The second-order valence-electron chi connectivity index (χ2n) is 5.67. The van der Waals surface area contributed by atoms with Gasteiger partial charge in [0.15, 0.2) is 11.6 Å². The van der Waals surface area contributed by atoms with E-state index >= 15 is 0 Å². The van der Waals surface area contributed by atoms with E-state index in [1.165, 1.54) is 12.5 Å². The lowest BCUT2D eigenvalue weighted by atomic mass is 9.98. The molecule has 1 aromatic carbocycles. The molecule has 1 N–H and O–H groups in total. The molecule has 23 heavy (non-hydrogen) atoms. The number of hydrogen-bond donors (Lipinski definition) is 1. The molecule has 3 rings (SSSR count). The summed E-state index contributed by atoms with van der Waals surface area (Å²) >= 11 is 0. The number of ether oxygens (including phenoxy) is 1. The van der Waals surface area contributed by atoms with Crippen LogP contribution in [0.15, 0.2) is 30.5 Å². The number of aromatic nitrogens is 2. The molecule has 0 amide bonds. The van der Waals surface area contributed by atoms with Crippen LogP contribution in [-0.4, -0.2) is 16.1 Å². The van der Waals surface area contributed by atoms with Crippen LogP contribution in [0.1, 0.15) is 37.7 Å². The Bertz CT molecular complexity index is 660. The van der Waals surface area contributed by atoms with Crippen LogP contribution >= 0.6 is 0 Å². The van der Waals surface area contributed by atoms with Gasteiger partial charge in [-0.2, -0.15) is 4.98 Å². The molecular formula is C17H19F2N3O. The van der Waals surface area contributed by atoms with Crippen LogP contribution in [0, 0.1) is 11.6 Å². The number of halogens is 2. The van der Waals surface area contributed by atoms with E-state index in [0.29, 0.717) is 5.56 Å². The molecule has 1 fully saturated rings. The van der Waals surface area contributed by atoms with Crippen molar-refractivity contribution in [3.05, 3.63) is 47.7 Å². The number of hydrogen-bond acceptors (Lipinski definition) is 4. The predicted molar refractivity (Wildman–Crippen MR) is 83.2 cm³/mol. The Morgan fingerprint density at radius 2 is 1.87 bits per heavy atom. The zero-order chi connectivity index (χ0) is 16.1. The molecule has 4 nitrogen and oxygen atoms in total. The van der Waals surface area contributed by atoms with E-state index in [1.54, 1.807) is 18.2 Å². The summed E-state index contributed by atoms with van der Waals surface area (Å²) in [4.78, 5) is 7.95. The first kappa shape index (κ1) is 15.6. The molecule has 0 unspecified atom stereocenters. The molecule has 0 bridgehead atoms. The average molecular weight is 319 g/mol. The monoisotopic (exact) mass is 319 g/mol. The molecule has 2 aromatic rings. The number of nitrogens with one attached hydrogen (secondary N) is 1. The zero-order valence-corrected chi connectivity index (χ0v) is 12.8. The minimum absolute atomic E-state index is 0.0223. The third-order valence-corrected chi connectivity index (χ3v) is 3.95. The maximum Gasteiger partial charge on any atom is 0.318 e. The summed E-state index contributed by atoms with van der Waals surface area (Å²) in [6.45, 7) is 0.142. The first-order valence-corrected chi connectivity index (χ1v) is 7.89. The van der Waals surface area contributed by atoms with Crippen LogP contribution in [0.3, 0.4) is 0 Å². The van der Waals surface area contributed by atoms with E-state index in [9.17, 15) is 8.78 Å². The highest BCUT2D eigenvalue weighted by Crippen LogP contribution is 2.22. The van der Waals surface area contributed by atoms with Crippen molar-refractivity contribution >= 4 is 5.82 Å². The fraction of sp³-hybridized carbons (Fsp3) is 0.412. The largest absolute Gasteiger partial charge is 0.460 e. The van der Waals surface area contributed by atoms with Crippen LogP contribution in [-0.2, 0) is 6.54 Å². The van der Waals surface area contributed by atoms with Crippen LogP contribution in [0.2, 0.25) is 0 Å². The van der Waals surface area contributed by atoms with Gasteiger partial charge in [-0.05, 0) is 31.7 Å². The van der Waals surface area contributed by atoms with Crippen molar-refractivity contribution in [3.8, 4) is 6.01 Å². The van der Waals surface area contributed by atoms with E-state index in [4.69, 9.17) is 4.74 Å². The van der Waals surface area contributed by atoms with Gasteiger partial charge in [-0.3, -0.25) is 0 Å². The Morgan fingerprint density at radius 3 is 2.65 bits per heavy atom. The summed E-state index contributed by atoms with van der Waals surface area (Å²) in [6, 6.07) is 6.51. The standard InChI is InChI=1S/C17H19F2N3O/c18-14-9-5-4-6-12(14)10-20-16-15(19)11-21-17(22-16)23-13-7-2-1-3-8-13/h4-6,9,11,13H,1-3,7-8,10H2,(H,20,21,22). The molecule has 0 spiro atoms. The van der Waals surface area contributed by atoms with E-state index in [-0.39, 0.29) is 30.3 Å². The Kier molecular flexibility index (Phi) is 5.00. The summed E-state index contributed by atoms with van der Waals surface area (Å²) in [7, 11) is 0. The fourth-order valence-corrected chi connectivity index (χ4v) is 2.68. The Labute approximate surface area is 133 Å². The smallest absolute Gasteiger partial charge is 0.318 e. The normalized spacial score (nSPS) is 15.4. The molecule has 0 aliphatic heterocycles. The molecule has 6 heteroatoms. The highest BCUT2D eigenvalue weighted by atomic mass is 19.1. The number of anilines is 1. The topological polar surface area (TPSA) is 47.0 Å². The van der Waals surface area contributed by atoms with Crippen molar-refractivity contribution in [1.29, 1.82) is 0 Å². The molecule has 0 atom stereocenters. The van der Waals surface area contributed by atoms with Gasteiger partial charge in [0.1, 0.15) is 11.9 Å². The van der Waals surface area contributed by atoms with Gasteiger partial charge in [-0.15, -0.1) is 0 Å². The molecule has 1 aromatic heterocycles. The van der Waals surface area contributed by atoms with Crippen molar-refractivity contribution in [2.24, 2.45) is 0 Å². The maximum atomic E-state index is 13.8. The van der Waals surface area contributed by atoms with Gasteiger partial charge in [0.05, 0.1) is 6.20 Å². The van der Waals surface area contributed by atoms with Crippen LogP contribution in [0.4, 0.5) is 14.6 Å². The zero-order valence-electron chi connectivity index (χ0n) is 12.8. The van der Waals surface area contributed by atoms with Crippen molar-refractivity contribution in [1.82, 2.24) is 9.97 Å². The first-order valence-electron chi connectivity index (χ1n) is 7.89. The molecule has 0 saturated heterocycles. The lowest BCUT2D eigenvalue weighted by Crippen LogP contribution is -2.21. The van der Waals surface area contributed by atoms with Gasteiger partial charge in [-0.1, -0.05) is 24.6 Å². The predicted octanol–water partition coefficient (Wildman–Crippen LogP) is 4.08. The quantitative estimate of drug-likeness (QED) is 0.902. The summed E-state index contributed by atoms with van der Waals surface area (Å²) in [5.41, 5.74) is 0.445. The molecule has 1 saturated carbocycles. The average Bonchev–Trinajstić information content (AvgIpc) is 2.57. The lowest BCUT2D eigenvalue weighted by Gasteiger charge is -2.21. The van der Waals surface area contributed by atoms with Crippen LogP contribution < -0.4 is 10.1 Å². The second kappa shape index (κ2) is 7.35. The third kappa shape index (κ3) is 4.15. The molecule has 0 radical (unpaired) electrons. The van der Waals surface area contributed by atoms with E-state index in [0.717, 1.165) is 31.9 Å². The number of nitrogens with zero attached hydrogens (tertiary/aromatic N) is 2. The van der Waals surface area contributed by atoms with Gasteiger partial charge in [-0.25, -0.2) is 13.8 Å². The summed E-state index contributed by atoms with van der Waals surface area (Å²) in [6.07, 6.45) is 6.59. The highest BCUT2D eigenvalue weighted by Gasteiger charge is 2.17. The Hall–Kier alpha value is -2.24. The Morgan fingerprint density at radius 1 is 1.09 bits per heavy atom. The van der Waals surface area contributed by atoms with Gasteiger partial charge >= 0.3 is 6.01 Å². The summed E-state index contributed by atoms with van der Waals surface area (Å²) < 4.78 is 33.1. The van der Waals surface area contributed by atoms with E-state index in [1.807, 2.05) is 0 Å². The van der Waals surface area contributed by atoms with Crippen LogP contribution in [0.5, 0.6) is 6.01 Å². The maximum absolute atomic E-state index is 13.8. The highest BCUT2D eigenvalue weighted by molar-refractivity contribution is 5.37. The molecule has 122 valence electrons. The molecule has 1 heterocycles. The van der Waals surface area contributed by atoms with E-state index in [2.05, 4.69) is 15.3 Å². The van der Waals surface area contributed by atoms with Gasteiger partial charge in [0.25, 0.3) is 0 Å². The SMILES string of the molecule is Fc1ccccc1CNc1nc(OC2CCCCC2)ncc1F. The van der Waals surface area contributed by atoms with Crippen molar-refractivity contribution in [2.45, 2.75) is 44.8 Å². The van der Waals surface area contributed by atoms with Gasteiger partial charge < -0.3 is 10.1 Å². The lowest BCUT2D eigenvalue weighted by molar-refractivity contribution is 0.141. The number of rotatable bonds is 5. The Balaban J connectivity index is 1.66. The summed E-state index contributed by atoms with van der Waals surface area (Å²) in [5.74, 6) is -0.903. The van der Waals surface area contributed by atoms with Gasteiger partial charge in [0, 0.05) is 12.1 Å². The second-order valence-corrected chi connectivity index (χ2v) is 5.67.